The number of furan rings is 1. The summed E-state index contributed by atoms with van der Waals surface area (Å²) in [5.41, 5.74) is 2.76. The number of hydrogen-bond acceptors (Lipinski definition) is 6. The maximum Gasteiger partial charge on any atom is 0.329 e. The van der Waals surface area contributed by atoms with E-state index >= 15 is 0 Å². The molecule has 1 aromatic heterocycles. The Labute approximate surface area is 213 Å². The number of amides is 4. The molecular formula is C22H16Cl3N5O5. The Morgan fingerprint density at radius 3 is 2.14 bits per heavy atom. The zero-order valence-electron chi connectivity index (χ0n) is 17.6. The fraction of sp³-hybridized carbons (Fsp3) is 0.0455. The first-order valence-electron chi connectivity index (χ1n) is 9.74. The van der Waals surface area contributed by atoms with Gasteiger partial charge in [0.15, 0.2) is 0 Å². The van der Waals surface area contributed by atoms with Gasteiger partial charge >= 0.3 is 23.6 Å². The number of carbonyl (C=O) groups excluding carboxylic acids is 4. The molecule has 0 saturated carbocycles. The molecule has 13 heteroatoms. The van der Waals surface area contributed by atoms with Crippen molar-refractivity contribution in [2.24, 2.45) is 5.10 Å². The molecule has 0 unspecified atom stereocenters. The average molecular weight is 537 g/mol. The molecule has 180 valence electrons. The maximum atomic E-state index is 12.0. The second-order valence-corrected chi connectivity index (χ2v) is 7.98. The Morgan fingerprint density at radius 1 is 0.771 bits per heavy atom. The van der Waals surface area contributed by atoms with Crippen molar-refractivity contribution >= 4 is 76.0 Å². The van der Waals surface area contributed by atoms with Crippen LogP contribution in [0.4, 0.5) is 11.4 Å². The quantitative estimate of drug-likeness (QED) is 0.216. The summed E-state index contributed by atoms with van der Waals surface area (Å²) in [4.78, 5) is 47.7. The largest absolute Gasteiger partial charge is 0.458 e. The van der Waals surface area contributed by atoms with Crippen molar-refractivity contribution in [1.29, 1.82) is 0 Å². The number of benzene rings is 2. The monoisotopic (exact) mass is 535 g/mol. The molecule has 35 heavy (non-hydrogen) atoms. The van der Waals surface area contributed by atoms with Crippen LogP contribution in [0.15, 0.2) is 64.1 Å². The highest BCUT2D eigenvalue weighted by Crippen LogP contribution is 2.24. The lowest BCUT2D eigenvalue weighted by molar-refractivity contribution is -0.136. The van der Waals surface area contributed by atoms with E-state index in [-0.39, 0.29) is 17.3 Å². The van der Waals surface area contributed by atoms with Crippen molar-refractivity contribution in [2.75, 3.05) is 10.6 Å². The molecule has 10 nitrogen and oxygen atoms in total. The van der Waals surface area contributed by atoms with Crippen LogP contribution in [0, 0.1) is 0 Å². The predicted molar refractivity (Wildman–Crippen MR) is 131 cm³/mol. The van der Waals surface area contributed by atoms with E-state index in [0.29, 0.717) is 27.2 Å². The van der Waals surface area contributed by atoms with Crippen molar-refractivity contribution in [3.63, 3.8) is 0 Å². The number of anilines is 2. The third-order valence-corrected chi connectivity index (χ3v) is 5.15. The van der Waals surface area contributed by atoms with Crippen LogP contribution in [0.5, 0.6) is 0 Å². The van der Waals surface area contributed by atoms with E-state index in [1.807, 2.05) is 0 Å². The van der Waals surface area contributed by atoms with E-state index in [4.69, 9.17) is 39.2 Å². The van der Waals surface area contributed by atoms with Crippen molar-refractivity contribution in [1.82, 2.24) is 10.7 Å². The fourth-order valence-electron chi connectivity index (χ4n) is 2.49. The summed E-state index contributed by atoms with van der Waals surface area (Å²) in [5, 5.41) is 11.8. The predicted octanol–water partition coefficient (Wildman–Crippen LogP) is 3.58. The highest BCUT2D eigenvalue weighted by molar-refractivity contribution is 6.43. The van der Waals surface area contributed by atoms with Crippen LogP contribution in [0.1, 0.15) is 11.5 Å². The van der Waals surface area contributed by atoms with Gasteiger partial charge in [-0.25, -0.2) is 5.43 Å². The highest BCUT2D eigenvalue weighted by Gasteiger charge is 2.15. The Balaban J connectivity index is 1.43. The van der Waals surface area contributed by atoms with E-state index in [1.54, 1.807) is 12.1 Å². The van der Waals surface area contributed by atoms with E-state index in [9.17, 15) is 19.2 Å². The highest BCUT2D eigenvalue weighted by atomic mass is 35.5. The number of halogens is 3. The number of nitrogens with zero attached hydrogens (tertiary/aromatic N) is 1. The zero-order valence-corrected chi connectivity index (χ0v) is 19.9. The van der Waals surface area contributed by atoms with Gasteiger partial charge < -0.3 is 20.4 Å². The van der Waals surface area contributed by atoms with Gasteiger partial charge in [0.05, 0.1) is 22.8 Å². The average Bonchev–Trinajstić information content (AvgIpc) is 3.28. The summed E-state index contributed by atoms with van der Waals surface area (Å²) in [5.74, 6) is -3.19. The molecule has 2 aromatic carbocycles. The second-order valence-electron chi connectivity index (χ2n) is 6.73. The molecule has 0 aliphatic heterocycles. The van der Waals surface area contributed by atoms with E-state index in [1.165, 1.54) is 42.5 Å². The second kappa shape index (κ2) is 12.0. The first kappa shape index (κ1) is 25.8. The molecule has 0 aliphatic carbocycles. The van der Waals surface area contributed by atoms with Gasteiger partial charge in [-0.3, -0.25) is 19.2 Å². The Morgan fingerprint density at radius 2 is 1.43 bits per heavy atom. The van der Waals surface area contributed by atoms with Gasteiger partial charge in [-0.15, -0.1) is 0 Å². The summed E-state index contributed by atoms with van der Waals surface area (Å²) in [7, 11) is 0. The standard InChI is InChI=1S/C22H16Cl3N5O5/c23-12-1-3-13(4-2-12)28-21(33)22(34)30-27-11-16-7-6-15(35-16)10-26-19(31)20(32)29-14-5-8-17(24)18(25)9-14/h1-9,11H,10H2,(H,26,31)(H,28,33)(H,29,32)(H,30,34)/b27-11+. The maximum absolute atomic E-state index is 12.0. The molecule has 0 saturated heterocycles. The van der Waals surface area contributed by atoms with Crippen LogP contribution >= 0.6 is 34.8 Å². The molecule has 0 bridgehead atoms. The molecule has 0 radical (unpaired) electrons. The van der Waals surface area contributed by atoms with Gasteiger partial charge in [0.2, 0.25) is 0 Å². The smallest absolute Gasteiger partial charge is 0.329 e. The van der Waals surface area contributed by atoms with E-state index in [0.717, 1.165) is 6.21 Å². The number of hydrazone groups is 1. The van der Waals surface area contributed by atoms with Crippen LogP contribution in [0.3, 0.4) is 0 Å². The topological polar surface area (TPSA) is 142 Å². The molecule has 0 fully saturated rings. The minimum absolute atomic E-state index is 0.0860. The molecule has 3 aromatic rings. The Bertz CT molecular complexity index is 1290. The summed E-state index contributed by atoms with van der Waals surface area (Å²) in [6, 6.07) is 13.6. The van der Waals surface area contributed by atoms with Gasteiger partial charge in [0.1, 0.15) is 11.5 Å². The molecular weight excluding hydrogens is 521 g/mol. The van der Waals surface area contributed by atoms with Crippen molar-refractivity contribution in [2.45, 2.75) is 6.54 Å². The zero-order chi connectivity index (χ0) is 25.4. The van der Waals surface area contributed by atoms with Gasteiger partial charge in [-0.05, 0) is 54.6 Å². The Kier molecular flexibility index (Phi) is 8.85. The number of hydrogen-bond donors (Lipinski definition) is 4. The lowest BCUT2D eigenvalue weighted by Crippen LogP contribution is -2.34. The third kappa shape index (κ3) is 7.85. The molecule has 0 atom stereocenters. The van der Waals surface area contributed by atoms with Gasteiger partial charge in [0.25, 0.3) is 0 Å². The lowest BCUT2D eigenvalue weighted by Gasteiger charge is -2.06. The Hall–Kier alpha value is -3.86. The van der Waals surface area contributed by atoms with Crippen LogP contribution in [-0.2, 0) is 25.7 Å². The summed E-state index contributed by atoms with van der Waals surface area (Å²) < 4.78 is 5.42. The summed E-state index contributed by atoms with van der Waals surface area (Å²) in [6.07, 6.45) is 1.16. The first-order valence-corrected chi connectivity index (χ1v) is 10.9. The molecule has 4 N–H and O–H groups in total. The fourth-order valence-corrected chi connectivity index (χ4v) is 2.92. The summed E-state index contributed by atoms with van der Waals surface area (Å²) >= 11 is 17.4. The SMILES string of the molecule is O=C(NCc1ccc(/C=N/NC(=O)C(=O)Nc2ccc(Cl)cc2)o1)C(=O)Nc1ccc(Cl)c(Cl)c1. The van der Waals surface area contributed by atoms with Crippen LogP contribution in [0.2, 0.25) is 15.1 Å². The normalized spacial score (nSPS) is 10.6. The van der Waals surface area contributed by atoms with Gasteiger partial charge in [-0.2, -0.15) is 5.10 Å². The summed E-state index contributed by atoms with van der Waals surface area (Å²) in [6.45, 7) is -0.0860. The van der Waals surface area contributed by atoms with E-state index in [2.05, 4.69) is 26.5 Å². The van der Waals surface area contributed by atoms with Crippen LogP contribution in [0.25, 0.3) is 0 Å². The van der Waals surface area contributed by atoms with Crippen molar-refractivity contribution < 1.29 is 23.6 Å². The third-order valence-electron chi connectivity index (χ3n) is 4.16. The first-order chi connectivity index (χ1) is 16.7. The van der Waals surface area contributed by atoms with Crippen LogP contribution < -0.4 is 21.4 Å². The van der Waals surface area contributed by atoms with E-state index < -0.39 is 23.6 Å². The molecule has 0 spiro atoms. The minimum atomic E-state index is -0.997. The molecule has 4 amide bonds. The van der Waals surface area contributed by atoms with Crippen molar-refractivity contribution in [3.05, 3.63) is 81.2 Å². The lowest BCUT2D eigenvalue weighted by atomic mass is 10.3. The minimum Gasteiger partial charge on any atom is -0.458 e. The van der Waals surface area contributed by atoms with Gasteiger partial charge in [-0.1, -0.05) is 34.8 Å². The number of nitrogens with one attached hydrogen (secondary N) is 4. The molecule has 0 aliphatic rings. The van der Waals surface area contributed by atoms with Crippen molar-refractivity contribution in [3.8, 4) is 0 Å². The number of rotatable bonds is 6. The molecule has 1 heterocycles. The van der Waals surface area contributed by atoms with Crippen LogP contribution in [-0.4, -0.2) is 29.8 Å². The molecule has 3 rings (SSSR count). The van der Waals surface area contributed by atoms with Gasteiger partial charge in [0, 0.05) is 16.4 Å². The number of carbonyl (C=O) groups is 4.